The molecule has 0 aliphatic carbocycles. The van der Waals surface area contributed by atoms with Crippen LogP contribution in [-0.2, 0) is 12.4 Å². The minimum Gasteiger partial charge on any atom is -0.328 e. The lowest BCUT2D eigenvalue weighted by atomic mass is 10.9. The zero-order chi connectivity index (χ0) is 5.86. The zero-order valence-electron chi connectivity index (χ0n) is 4.21. The van der Waals surface area contributed by atoms with Crippen LogP contribution in [0.3, 0.4) is 0 Å². The van der Waals surface area contributed by atoms with E-state index in [9.17, 15) is 4.79 Å². The highest BCUT2D eigenvalue weighted by molar-refractivity contribution is 7.47. The minimum atomic E-state index is -0.380. The van der Waals surface area contributed by atoms with Gasteiger partial charge in [-0.1, -0.05) is 0 Å². The topological polar surface area (TPSA) is 32.7 Å². The van der Waals surface area contributed by atoms with E-state index in [1.54, 1.807) is 14.1 Å². The summed E-state index contributed by atoms with van der Waals surface area (Å²) in [5, 5.41) is 0. The Morgan fingerprint density at radius 3 is 2.14 bits per heavy atom. The number of amides is 2. The molecule has 0 aromatic rings. The van der Waals surface area contributed by atoms with Crippen LogP contribution in [0.4, 0.5) is 4.79 Å². The van der Waals surface area contributed by atoms with Crippen molar-refractivity contribution < 1.29 is 4.79 Å². The van der Waals surface area contributed by atoms with Crippen molar-refractivity contribution >= 4 is 18.5 Å². The molecule has 0 saturated heterocycles. The number of carbonyl (C=O) groups is 1. The van der Waals surface area contributed by atoms with Crippen LogP contribution in [0, 0.1) is 0 Å². The third kappa shape index (κ3) is 2.22. The fourth-order valence-electron chi connectivity index (χ4n) is 0.0816. The monoisotopic (exact) mass is 118 g/mol. The lowest BCUT2D eigenvalue weighted by Crippen LogP contribution is -2.16. The number of urea groups is 1. The maximum Gasteiger partial charge on any atom is 0.354 e. The number of nitrogens with zero attached hydrogens (tertiary/aromatic N) is 2. The van der Waals surface area contributed by atoms with Crippen LogP contribution in [0.25, 0.3) is 0 Å². The van der Waals surface area contributed by atoms with Crippen molar-refractivity contribution in [3.05, 3.63) is 0 Å². The molecule has 7 heavy (non-hydrogen) atoms. The fourth-order valence-corrected chi connectivity index (χ4v) is 0.245. The van der Waals surface area contributed by atoms with Gasteiger partial charge in [0.15, 0.2) is 0 Å². The van der Waals surface area contributed by atoms with Gasteiger partial charge in [0.1, 0.15) is 0 Å². The summed E-state index contributed by atoms with van der Waals surface area (Å²) in [6.45, 7) is 0. The Hall–Kier alpha value is -0.510. The molecule has 2 amide bonds. The largest absolute Gasteiger partial charge is 0.354 e. The van der Waals surface area contributed by atoms with Crippen LogP contribution in [0.15, 0.2) is 4.36 Å². The molecule has 0 fully saturated rings. The molecule has 0 saturated carbocycles. The van der Waals surface area contributed by atoms with E-state index >= 15 is 0 Å². The number of carbonyl (C=O) groups excluding carboxylic acids is 1. The molecule has 0 aromatic heterocycles. The van der Waals surface area contributed by atoms with Crippen LogP contribution in [0.1, 0.15) is 0 Å². The van der Waals surface area contributed by atoms with Gasteiger partial charge in [0.05, 0.1) is 0 Å². The van der Waals surface area contributed by atoms with Crippen molar-refractivity contribution in [2.45, 2.75) is 0 Å². The highest BCUT2D eigenvalue weighted by Crippen LogP contribution is 1.78. The SMILES string of the molecule is CN(C)C(=O)N=S. The van der Waals surface area contributed by atoms with Gasteiger partial charge >= 0.3 is 6.03 Å². The van der Waals surface area contributed by atoms with E-state index in [4.69, 9.17) is 0 Å². The quantitative estimate of drug-likeness (QED) is 0.461. The molecule has 0 aliphatic heterocycles. The smallest absolute Gasteiger partial charge is 0.328 e. The lowest BCUT2D eigenvalue weighted by molar-refractivity contribution is 0.228. The number of hydrogen-bond donors (Lipinski definition) is 0. The van der Waals surface area contributed by atoms with Crippen molar-refractivity contribution in [2.24, 2.45) is 4.36 Å². The Labute approximate surface area is 47.5 Å². The second-order valence-corrected chi connectivity index (χ2v) is 1.45. The van der Waals surface area contributed by atoms with Crippen LogP contribution in [0.2, 0.25) is 0 Å². The molecule has 0 heterocycles. The lowest BCUT2D eigenvalue weighted by Gasteiger charge is -2.00. The molecule has 0 aromatic carbocycles. The van der Waals surface area contributed by atoms with E-state index in [2.05, 4.69) is 16.8 Å². The molecular formula is C3H6N2OS. The first-order chi connectivity index (χ1) is 3.18. The van der Waals surface area contributed by atoms with Crippen LogP contribution in [-0.4, -0.2) is 25.0 Å². The van der Waals surface area contributed by atoms with Crippen LogP contribution < -0.4 is 0 Å². The van der Waals surface area contributed by atoms with E-state index in [0.717, 1.165) is 0 Å². The summed E-state index contributed by atoms with van der Waals surface area (Å²) < 4.78 is 2.96. The van der Waals surface area contributed by atoms with E-state index in [1.165, 1.54) is 4.90 Å². The van der Waals surface area contributed by atoms with Crippen molar-refractivity contribution in [3.63, 3.8) is 0 Å². The number of rotatable bonds is 0. The average molecular weight is 118 g/mol. The summed E-state index contributed by atoms with van der Waals surface area (Å²) in [6.07, 6.45) is 0. The minimum absolute atomic E-state index is 0.380. The van der Waals surface area contributed by atoms with Gasteiger partial charge in [-0.05, 0) is 0 Å². The first kappa shape index (κ1) is 6.49. The van der Waals surface area contributed by atoms with Gasteiger partial charge in [-0.3, -0.25) is 0 Å². The summed E-state index contributed by atoms with van der Waals surface area (Å²) in [7, 11) is 3.19. The maximum atomic E-state index is 10.2. The van der Waals surface area contributed by atoms with E-state index in [1.807, 2.05) is 0 Å². The van der Waals surface area contributed by atoms with E-state index < -0.39 is 0 Å². The standard InChI is InChI=1S/C3H6N2OS/c1-5(2)3(6)4-7/h1-2H3. The van der Waals surface area contributed by atoms with Crippen LogP contribution >= 0.6 is 0 Å². The molecule has 0 unspecified atom stereocenters. The van der Waals surface area contributed by atoms with Gasteiger partial charge in [0.2, 0.25) is 0 Å². The first-order valence-corrected chi connectivity index (χ1v) is 2.09. The Kier molecular flexibility index (Phi) is 2.44. The van der Waals surface area contributed by atoms with Gasteiger partial charge in [-0.25, -0.2) is 4.79 Å². The van der Waals surface area contributed by atoms with Gasteiger partial charge < -0.3 is 4.90 Å². The molecule has 0 rings (SSSR count). The highest BCUT2D eigenvalue weighted by atomic mass is 32.1. The number of hydrogen-bond acceptors (Lipinski definition) is 2. The summed E-state index contributed by atoms with van der Waals surface area (Å²) in [6, 6.07) is -0.380. The second kappa shape index (κ2) is 2.63. The van der Waals surface area contributed by atoms with Crippen molar-refractivity contribution in [1.82, 2.24) is 4.90 Å². The molecule has 0 N–H and O–H groups in total. The molecule has 0 atom stereocenters. The maximum absolute atomic E-state index is 10.2. The predicted octanol–water partition coefficient (Wildman–Crippen LogP) is 0.399. The molecular weight excluding hydrogens is 112 g/mol. The summed E-state index contributed by atoms with van der Waals surface area (Å²) >= 11 is 4.08. The van der Waals surface area contributed by atoms with Gasteiger partial charge in [-0.2, -0.15) is 0 Å². The molecule has 0 aliphatic rings. The Morgan fingerprint density at radius 1 is 1.71 bits per heavy atom. The van der Waals surface area contributed by atoms with Crippen molar-refractivity contribution in [1.29, 1.82) is 0 Å². The van der Waals surface area contributed by atoms with Crippen molar-refractivity contribution in [3.8, 4) is 0 Å². The molecule has 0 spiro atoms. The Morgan fingerprint density at radius 2 is 2.14 bits per heavy atom. The summed E-state index contributed by atoms with van der Waals surface area (Å²) in [5.41, 5.74) is 0. The summed E-state index contributed by atoms with van der Waals surface area (Å²) in [5.74, 6) is 0. The van der Waals surface area contributed by atoms with Gasteiger partial charge in [-0.15, -0.1) is 4.36 Å². The molecule has 40 valence electrons. The predicted molar refractivity (Wildman–Crippen MR) is 28.9 cm³/mol. The first-order valence-electron chi connectivity index (χ1n) is 1.73. The third-order valence-electron chi connectivity index (χ3n) is 0.461. The van der Waals surface area contributed by atoms with Gasteiger partial charge in [0.25, 0.3) is 0 Å². The van der Waals surface area contributed by atoms with Crippen LogP contribution in [0.5, 0.6) is 0 Å². The Balaban J connectivity index is 3.56. The highest BCUT2D eigenvalue weighted by Gasteiger charge is 1.95. The molecule has 0 bridgehead atoms. The average Bonchev–Trinajstić information content (AvgIpc) is 1.65. The normalized spacial score (nSPS) is 7.71. The van der Waals surface area contributed by atoms with E-state index in [-0.39, 0.29) is 6.03 Å². The van der Waals surface area contributed by atoms with Crippen molar-refractivity contribution in [2.75, 3.05) is 14.1 Å². The van der Waals surface area contributed by atoms with Gasteiger partial charge in [0, 0.05) is 26.5 Å². The van der Waals surface area contributed by atoms with E-state index in [0.29, 0.717) is 0 Å². The zero-order valence-corrected chi connectivity index (χ0v) is 5.03. The fraction of sp³-hybridized carbons (Fsp3) is 0.667. The Bertz CT molecular complexity index is 90.9. The summed E-state index contributed by atoms with van der Waals surface area (Å²) in [4.78, 5) is 11.5. The molecule has 4 heteroatoms. The molecule has 3 nitrogen and oxygen atoms in total. The molecule has 0 radical (unpaired) electrons. The second-order valence-electron chi connectivity index (χ2n) is 1.27. The third-order valence-corrected chi connectivity index (χ3v) is 0.617.